The lowest BCUT2D eigenvalue weighted by molar-refractivity contribution is -0.119. The minimum Gasteiger partial charge on any atom is -0.330 e. The van der Waals surface area contributed by atoms with Crippen molar-refractivity contribution in [2.75, 3.05) is 32.5 Å². The molecular weight excluding hydrogens is 289 g/mol. The molecule has 1 rings (SSSR count). The van der Waals surface area contributed by atoms with Crippen LogP contribution < -0.4 is 11.1 Å². The number of nitrogens with one attached hydrogen (secondary N) is 1. The molecule has 0 fully saturated rings. The summed E-state index contributed by atoms with van der Waals surface area (Å²) in [5.41, 5.74) is 5.42. The summed E-state index contributed by atoms with van der Waals surface area (Å²) >= 11 is 0. The number of amides is 1. The number of hydrogen-bond acceptors (Lipinski definition) is 4. The molecule has 0 saturated heterocycles. The highest BCUT2D eigenvalue weighted by Gasteiger charge is 2.11. The first kappa shape index (κ1) is 20.5. The Morgan fingerprint density at radius 3 is 2.68 bits per heavy atom. The normalized spacial score (nSPS) is 11.4. The van der Waals surface area contributed by atoms with E-state index in [4.69, 9.17) is 5.73 Å². The van der Waals surface area contributed by atoms with Crippen LogP contribution in [0.15, 0.2) is 12.3 Å². The number of nitrogens with zero attached hydrogens (tertiary/aromatic N) is 3. The molecule has 0 aliphatic rings. The van der Waals surface area contributed by atoms with E-state index in [1.807, 2.05) is 25.0 Å². The predicted molar refractivity (Wildman–Crippen MR) is 82.1 cm³/mol. The van der Waals surface area contributed by atoms with Crippen LogP contribution in [0.2, 0.25) is 0 Å². The van der Waals surface area contributed by atoms with Crippen LogP contribution in [-0.2, 0) is 11.3 Å². The van der Waals surface area contributed by atoms with E-state index in [0.717, 1.165) is 13.1 Å². The Labute approximate surface area is 126 Å². The number of carbonyl (C=O) groups excluding carboxylic acids is 1. The molecule has 112 valence electrons. The van der Waals surface area contributed by atoms with Crippen molar-refractivity contribution in [3.8, 4) is 0 Å². The molecule has 1 atom stereocenters. The Balaban J connectivity index is 0. The zero-order valence-electron chi connectivity index (χ0n) is 11.5. The van der Waals surface area contributed by atoms with Crippen molar-refractivity contribution in [3.63, 3.8) is 0 Å². The average molecular weight is 312 g/mol. The van der Waals surface area contributed by atoms with Gasteiger partial charge in [0, 0.05) is 31.3 Å². The zero-order chi connectivity index (χ0) is 12.8. The third kappa shape index (κ3) is 7.37. The van der Waals surface area contributed by atoms with Crippen LogP contribution >= 0.6 is 24.8 Å². The van der Waals surface area contributed by atoms with E-state index in [0.29, 0.717) is 12.4 Å². The van der Waals surface area contributed by atoms with E-state index < -0.39 is 0 Å². The second-order valence-corrected chi connectivity index (χ2v) is 4.39. The smallest absolute Gasteiger partial charge is 0.229 e. The zero-order valence-corrected chi connectivity index (χ0v) is 13.1. The molecule has 0 aromatic carbocycles. The van der Waals surface area contributed by atoms with Crippen LogP contribution in [0.5, 0.6) is 0 Å². The molecule has 1 heterocycles. The van der Waals surface area contributed by atoms with Crippen molar-refractivity contribution in [1.29, 1.82) is 0 Å². The lowest BCUT2D eigenvalue weighted by atomic mass is 10.2. The van der Waals surface area contributed by atoms with Gasteiger partial charge >= 0.3 is 0 Å². The van der Waals surface area contributed by atoms with Crippen molar-refractivity contribution in [3.05, 3.63) is 12.3 Å². The molecule has 0 spiro atoms. The fourth-order valence-corrected chi connectivity index (χ4v) is 1.21. The summed E-state index contributed by atoms with van der Waals surface area (Å²) in [6.07, 6.45) is 1.85. The Bertz CT molecular complexity index is 370. The van der Waals surface area contributed by atoms with Gasteiger partial charge < -0.3 is 16.0 Å². The summed E-state index contributed by atoms with van der Waals surface area (Å²) in [6.45, 7) is 3.84. The van der Waals surface area contributed by atoms with Gasteiger partial charge in [-0.15, -0.1) is 24.8 Å². The highest BCUT2D eigenvalue weighted by atomic mass is 35.5. The van der Waals surface area contributed by atoms with Crippen molar-refractivity contribution < 1.29 is 4.79 Å². The molecule has 0 saturated carbocycles. The molecule has 0 aliphatic heterocycles. The molecule has 1 unspecified atom stereocenters. The van der Waals surface area contributed by atoms with Crippen LogP contribution in [0.25, 0.3) is 0 Å². The van der Waals surface area contributed by atoms with Gasteiger partial charge in [-0.25, -0.2) is 0 Å². The Morgan fingerprint density at radius 1 is 1.53 bits per heavy atom. The van der Waals surface area contributed by atoms with Gasteiger partial charge in [0.25, 0.3) is 0 Å². The SMILES string of the molecule is CC(CN)C(=O)Nc1ccn(CCN(C)C)n1.Cl.Cl. The third-order valence-corrected chi connectivity index (χ3v) is 2.47. The Kier molecular flexibility index (Phi) is 10.8. The maximum atomic E-state index is 11.6. The van der Waals surface area contributed by atoms with Gasteiger partial charge in [-0.2, -0.15) is 5.10 Å². The number of rotatable bonds is 6. The van der Waals surface area contributed by atoms with Crippen LogP contribution in [0.1, 0.15) is 6.92 Å². The van der Waals surface area contributed by atoms with Crippen molar-refractivity contribution in [2.45, 2.75) is 13.5 Å². The Morgan fingerprint density at radius 2 is 2.16 bits per heavy atom. The van der Waals surface area contributed by atoms with Crippen LogP contribution in [-0.4, -0.2) is 47.8 Å². The molecule has 1 aromatic rings. The number of carbonyl (C=O) groups is 1. The molecule has 1 aromatic heterocycles. The van der Waals surface area contributed by atoms with Gasteiger partial charge in [0.05, 0.1) is 6.54 Å². The minimum absolute atomic E-state index is 0. The fraction of sp³-hybridized carbons (Fsp3) is 0.636. The predicted octanol–water partition coefficient (Wildman–Crippen LogP) is 0.822. The first-order valence-electron chi connectivity index (χ1n) is 5.72. The first-order valence-corrected chi connectivity index (χ1v) is 5.72. The standard InChI is InChI=1S/C11H21N5O.2ClH/c1-9(8-12)11(17)13-10-4-5-16(14-10)7-6-15(2)3;;/h4-5,9H,6-8,12H2,1-3H3,(H,13,14,17);2*1H. The molecule has 1 amide bonds. The highest BCUT2D eigenvalue weighted by Crippen LogP contribution is 2.04. The number of hydrogen-bond donors (Lipinski definition) is 2. The average Bonchev–Trinajstić information content (AvgIpc) is 2.73. The molecule has 19 heavy (non-hydrogen) atoms. The van der Waals surface area contributed by atoms with Crippen molar-refractivity contribution >= 4 is 36.5 Å². The van der Waals surface area contributed by atoms with Gasteiger partial charge in [-0.3, -0.25) is 9.48 Å². The maximum Gasteiger partial charge on any atom is 0.229 e. The number of nitrogens with two attached hydrogens (primary N) is 1. The van der Waals surface area contributed by atoms with E-state index >= 15 is 0 Å². The number of likely N-dealkylation sites (N-methyl/N-ethyl adjacent to an activating group) is 1. The largest absolute Gasteiger partial charge is 0.330 e. The van der Waals surface area contributed by atoms with Crippen LogP contribution in [0, 0.1) is 5.92 Å². The van der Waals surface area contributed by atoms with Crippen molar-refractivity contribution in [2.24, 2.45) is 11.7 Å². The topological polar surface area (TPSA) is 76.2 Å². The summed E-state index contributed by atoms with van der Waals surface area (Å²) < 4.78 is 1.81. The molecule has 8 heteroatoms. The number of halogens is 2. The van der Waals surface area contributed by atoms with Gasteiger partial charge in [0.1, 0.15) is 0 Å². The number of anilines is 1. The molecule has 0 bridgehead atoms. The van der Waals surface area contributed by atoms with Gasteiger partial charge in [0.2, 0.25) is 5.91 Å². The number of aromatic nitrogens is 2. The van der Waals surface area contributed by atoms with E-state index in [-0.39, 0.29) is 36.6 Å². The molecule has 6 nitrogen and oxygen atoms in total. The van der Waals surface area contributed by atoms with Crippen LogP contribution in [0.4, 0.5) is 5.82 Å². The second kappa shape index (κ2) is 10.0. The van der Waals surface area contributed by atoms with Gasteiger partial charge in [-0.05, 0) is 14.1 Å². The lowest BCUT2D eigenvalue weighted by Gasteiger charge is -2.09. The molecular formula is C11H23Cl2N5O. The van der Waals surface area contributed by atoms with E-state index in [2.05, 4.69) is 15.3 Å². The Hall–Kier alpha value is -0.820. The fourth-order valence-electron chi connectivity index (χ4n) is 1.21. The summed E-state index contributed by atoms with van der Waals surface area (Å²) in [6, 6.07) is 1.79. The van der Waals surface area contributed by atoms with E-state index in [1.165, 1.54) is 0 Å². The van der Waals surface area contributed by atoms with Gasteiger partial charge in [-0.1, -0.05) is 6.92 Å². The lowest BCUT2D eigenvalue weighted by Crippen LogP contribution is -2.27. The highest BCUT2D eigenvalue weighted by molar-refractivity contribution is 5.91. The minimum atomic E-state index is -0.193. The summed E-state index contributed by atoms with van der Waals surface area (Å²) in [5, 5.41) is 6.99. The first-order chi connectivity index (χ1) is 8.02. The van der Waals surface area contributed by atoms with E-state index in [1.54, 1.807) is 13.0 Å². The third-order valence-electron chi connectivity index (χ3n) is 2.47. The molecule has 0 radical (unpaired) electrons. The second-order valence-electron chi connectivity index (χ2n) is 4.39. The molecule has 3 N–H and O–H groups in total. The monoisotopic (exact) mass is 311 g/mol. The summed E-state index contributed by atoms with van der Waals surface area (Å²) in [7, 11) is 4.02. The summed E-state index contributed by atoms with van der Waals surface area (Å²) in [5.74, 6) is 0.293. The maximum absolute atomic E-state index is 11.6. The summed E-state index contributed by atoms with van der Waals surface area (Å²) in [4.78, 5) is 13.7. The van der Waals surface area contributed by atoms with Gasteiger partial charge in [0.15, 0.2) is 5.82 Å². The molecule has 0 aliphatic carbocycles. The van der Waals surface area contributed by atoms with Crippen molar-refractivity contribution in [1.82, 2.24) is 14.7 Å². The van der Waals surface area contributed by atoms with Crippen LogP contribution in [0.3, 0.4) is 0 Å². The van der Waals surface area contributed by atoms with E-state index in [9.17, 15) is 4.79 Å². The quantitative estimate of drug-likeness (QED) is 0.815.